The standard InChI is InChI=1S/C29H35N3O2/c1-21(22-13-9-7-10-14-22)32(28(34)29(2,3)4)20-24-19-25(17-18-26(24)31(5)6)30-27(33)23-15-11-8-12-16-23/h7-19,21H,20H2,1-6H3,(H,30,33). The van der Waals surface area contributed by atoms with E-state index in [1.54, 1.807) is 12.1 Å². The van der Waals surface area contributed by atoms with E-state index < -0.39 is 5.41 Å². The third-order valence-corrected chi connectivity index (χ3v) is 5.85. The maximum atomic E-state index is 13.6. The van der Waals surface area contributed by atoms with Gasteiger partial charge < -0.3 is 15.1 Å². The van der Waals surface area contributed by atoms with Crippen molar-refractivity contribution in [2.24, 2.45) is 5.41 Å². The van der Waals surface area contributed by atoms with Crippen LogP contribution in [0.3, 0.4) is 0 Å². The summed E-state index contributed by atoms with van der Waals surface area (Å²) in [7, 11) is 3.97. The molecule has 0 aliphatic heterocycles. The third kappa shape index (κ3) is 6.04. The van der Waals surface area contributed by atoms with Crippen LogP contribution in [0.2, 0.25) is 0 Å². The molecular formula is C29H35N3O2. The molecule has 0 aromatic heterocycles. The second-order valence-electron chi connectivity index (χ2n) is 9.83. The van der Waals surface area contributed by atoms with E-state index in [9.17, 15) is 9.59 Å². The first-order valence-electron chi connectivity index (χ1n) is 11.6. The molecule has 5 heteroatoms. The largest absolute Gasteiger partial charge is 0.377 e. The third-order valence-electron chi connectivity index (χ3n) is 5.85. The van der Waals surface area contributed by atoms with Crippen LogP contribution in [0.15, 0.2) is 78.9 Å². The Kier molecular flexibility index (Phi) is 7.77. The fourth-order valence-corrected chi connectivity index (χ4v) is 3.93. The number of amides is 2. The second-order valence-corrected chi connectivity index (χ2v) is 9.83. The van der Waals surface area contributed by atoms with Crippen LogP contribution in [0.4, 0.5) is 11.4 Å². The minimum absolute atomic E-state index is 0.0762. The van der Waals surface area contributed by atoms with Crippen LogP contribution in [0.1, 0.15) is 55.2 Å². The summed E-state index contributed by atoms with van der Waals surface area (Å²) >= 11 is 0. The summed E-state index contributed by atoms with van der Waals surface area (Å²) < 4.78 is 0. The lowest BCUT2D eigenvalue weighted by Gasteiger charge is -2.35. The number of hydrogen-bond donors (Lipinski definition) is 1. The Balaban J connectivity index is 1.97. The summed E-state index contributed by atoms with van der Waals surface area (Å²) in [5.41, 5.74) is 3.83. The van der Waals surface area contributed by atoms with E-state index in [0.717, 1.165) is 16.8 Å². The van der Waals surface area contributed by atoms with Crippen LogP contribution >= 0.6 is 0 Å². The maximum absolute atomic E-state index is 13.6. The Hall–Kier alpha value is -3.60. The van der Waals surface area contributed by atoms with E-state index in [0.29, 0.717) is 17.8 Å². The highest BCUT2D eigenvalue weighted by Gasteiger charge is 2.31. The molecule has 34 heavy (non-hydrogen) atoms. The number of carbonyl (C=O) groups is 2. The molecule has 1 N–H and O–H groups in total. The van der Waals surface area contributed by atoms with Gasteiger partial charge in [0.15, 0.2) is 0 Å². The van der Waals surface area contributed by atoms with E-state index in [2.05, 4.69) is 24.4 Å². The molecule has 1 unspecified atom stereocenters. The van der Waals surface area contributed by atoms with Gasteiger partial charge in [-0.2, -0.15) is 0 Å². The lowest BCUT2D eigenvalue weighted by atomic mass is 9.92. The molecule has 0 radical (unpaired) electrons. The normalized spacial score (nSPS) is 12.1. The van der Waals surface area contributed by atoms with Crippen LogP contribution in [0.25, 0.3) is 0 Å². The average molecular weight is 458 g/mol. The van der Waals surface area contributed by atoms with E-state index in [-0.39, 0.29) is 17.9 Å². The van der Waals surface area contributed by atoms with Gasteiger partial charge in [0, 0.05) is 43.0 Å². The molecule has 0 saturated heterocycles. The topological polar surface area (TPSA) is 52.7 Å². The minimum Gasteiger partial charge on any atom is -0.377 e. The van der Waals surface area contributed by atoms with E-state index in [4.69, 9.17) is 0 Å². The van der Waals surface area contributed by atoms with Crippen LogP contribution < -0.4 is 10.2 Å². The van der Waals surface area contributed by atoms with Crippen molar-refractivity contribution in [2.75, 3.05) is 24.3 Å². The zero-order chi connectivity index (χ0) is 24.9. The molecule has 0 heterocycles. The van der Waals surface area contributed by atoms with Crippen molar-refractivity contribution >= 4 is 23.2 Å². The Morgan fingerprint density at radius 2 is 1.47 bits per heavy atom. The Bertz CT molecular complexity index is 1120. The van der Waals surface area contributed by atoms with Crippen molar-refractivity contribution in [2.45, 2.75) is 40.3 Å². The zero-order valence-electron chi connectivity index (χ0n) is 21.0. The Morgan fingerprint density at radius 3 is 2.03 bits per heavy atom. The van der Waals surface area contributed by atoms with Gasteiger partial charge in [-0.1, -0.05) is 69.3 Å². The second kappa shape index (κ2) is 10.6. The first-order chi connectivity index (χ1) is 16.1. The van der Waals surface area contributed by atoms with E-state index >= 15 is 0 Å². The number of nitrogens with zero attached hydrogens (tertiary/aromatic N) is 2. The van der Waals surface area contributed by atoms with Gasteiger partial charge in [0.05, 0.1) is 6.04 Å². The van der Waals surface area contributed by atoms with Gasteiger partial charge >= 0.3 is 0 Å². The number of hydrogen-bond acceptors (Lipinski definition) is 3. The molecule has 0 aliphatic rings. The summed E-state index contributed by atoms with van der Waals surface area (Å²) in [6.45, 7) is 8.33. The summed E-state index contributed by atoms with van der Waals surface area (Å²) in [6, 6.07) is 25.0. The van der Waals surface area contributed by atoms with Crippen LogP contribution in [-0.2, 0) is 11.3 Å². The Labute approximate surface area is 203 Å². The van der Waals surface area contributed by atoms with Gasteiger partial charge in [-0.3, -0.25) is 9.59 Å². The van der Waals surface area contributed by atoms with Crippen LogP contribution in [0.5, 0.6) is 0 Å². The van der Waals surface area contributed by atoms with E-state index in [1.165, 1.54) is 0 Å². The van der Waals surface area contributed by atoms with Gasteiger partial charge in [-0.15, -0.1) is 0 Å². The highest BCUT2D eigenvalue weighted by molar-refractivity contribution is 6.04. The lowest BCUT2D eigenvalue weighted by molar-refractivity contribution is -0.142. The van der Waals surface area contributed by atoms with Crippen molar-refractivity contribution in [3.63, 3.8) is 0 Å². The van der Waals surface area contributed by atoms with Gasteiger partial charge in [-0.05, 0) is 48.4 Å². The first kappa shape index (κ1) is 25.0. The smallest absolute Gasteiger partial charge is 0.255 e. The Morgan fingerprint density at radius 1 is 0.882 bits per heavy atom. The van der Waals surface area contributed by atoms with Crippen molar-refractivity contribution < 1.29 is 9.59 Å². The monoisotopic (exact) mass is 457 g/mol. The predicted molar refractivity (Wildman–Crippen MR) is 140 cm³/mol. The van der Waals surface area contributed by atoms with Gasteiger partial charge in [-0.25, -0.2) is 0 Å². The van der Waals surface area contributed by atoms with Gasteiger partial charge in [0.2, 0.25) is 5.91 Å². The molecule has 0 aliphatic carbocycles. The minimum atomic E-state index is -0.527. The number of anilines is 2. The van der Waals surface area contributed by atoms with Gasteiger partial charge in [0.1, 0.15) is 0 Å². The molecule has 2 amide bonds. The van der Waals surface area contributed by atoms with Crippen molar-refractivity contribution in [3.8, 4) is 0 Å². The molecule has 3 rings (SSSR count). The number of rotatable bonds is 7. The lowest BCUT2D eigenvalue weighted by Crippen LogP contribution is -2.40. The summed E-state index contributed by atoms with van der Waals surface area (Å²) in [6.07, 6.45) is 0. The first-order valence-corrected chi connectivity index (χ1v) is 11.6. The number of carbonyl (C=O) groups excluding carboxylic acids is 2. The highest BCUT2D eigenvalue weighted by atomic mass is 16.2. The SMILES string of the molecule is CC(c1ccccc1)N(Cc1cc(NC(=O)c2ccccc2)ccc1N(C)C)C(=O)C(C)(C)C. The van der Waals surface area contributed by atoms with E-state index in [1.807, 2.05) is 99.3 Å². The molecule has 0 fully saturated rings. The predicted octanol–water partition coefficient (Wildman–Crippen LogP) is 6.14. The summed E-state index contributed by atoms with van der Waals surface area (Å²) in [5.74, 6) is -0.0864. The fraction of sp³-hybridized carbons (Fsp3) is 0.310. The molecule has 178 valence electrons. The maximum Gasteiger partial charge on any atom is 0.255 e. The molecular weight excluding hydrogens is 422 g/mol. The summed E-state index contributed by atoms with van der Waals surface area (Å²) in [4.78, 5) is 30.2. The molecule has 1 atom stereocenters. The zero-order valence-corrected chi connectivity index (χ0v) is 21.0. The van der Waals surface area contributed by atoms with Crippen LogP contribution in [-0.4, -0.2) is 30.8 Å². The molecule has 3 aromatic carbocycles. The quantitative estimate of drug-likeness (QED) is 0.464. The molecule has 0 saturated carbocycles. The van der Waals surface area contributed by atoms with Crippen molar-refractivity contribution in [3.05, 3.63) is 95.6 Å². The summed E-state index contributed by atoms with van der Waals surface area (Å²) in [5, 5.41) is 3.00. The fourth-order valence-electron chi connectivity index (χ4n) is 3.93. The van der Waals surface area contributed by atoms with Crippen molar-refractivity contribution in [1.82, 2.24) is 4.90 Å². The van der Waals surface area contributed by atoms with Gasteiger partial charge in [0.25, 0.3) is 5.91 Å². The molecule has 3 aromatic rings. The van der Waals surface area contributed by atoms with Crippen molar-refractivity contribution in [1.29, 1.82) is 0 Å². The van der Waals surface area contributed by atoms with Crippen LogP contribution in [0, 0.1) is 5.41 Å². The highest BCUT2D eigenvalue weighted by Crippen LogP contribution is 2.32. The average Bonchev–Trinajstić information content (AvgIpc) is 2.82. The molecule has 5 nitrogen and oxygen atoms in total. The number of nitrogens with one attached hydrogen (secondary N) is 1. The number of benzene rings is 3. The molecule has 0 spiro atoms. The molecule has 0 bridgehead atoms.